The molecule has 1 heterocycles. The molecule has 0 bridgehead atoms. The molecule has 102 valence electrons. The van der Waals surface area contributed by atoms with E-state index in [1.807, 2.05) is 25.1 Å². The van der Waals surface area contributed by atoms with Crippen molar-refractivity contribution in [2.24, 2.45) is 5.92 Å². The summed E-state index contributed by atoms with van der Waals surface area (Å²) in [6.45, 7) is 1.96. The van der Waals surface area contributed by atoms with Crippen molar-refractivity contribution < 1.29 is 9.53 Å². The number of carbonyl (C=O) groups excluding carboxylic acids is 1. The third-order valence-electron chi connectivity index (χ3n) is 3.78. The van der Waals surface area contributed by atoms with Crippen molar-refractivity contribution in [2.75, 3.05) is 32.1 Å². The van der Waals surface area contributed by atoms with E-state index in [9.17, 15) is 4.79 Å². The van der Waals surface area contributed by atoms with E-state index in [0.717, 1.165) is 29.8 Å². The highest BCUT2D eigenvalue weighted by molar-refractivity contribution is 5.81. The second kappa shape index (κ2) is 4.76. The minimum absolute atomic E-state index is 0.276. The fraction of sp³-hybridized carbons (Fsp3) is 0.533. The number of rotatable bonds is 2. The van der Waals surface area contributed by atoms with Crippen LogP contribution >= 0.6 is 0 Å². The molecule has 1 fully saturated rings. The first-order valence-corrected chi connectivity index (χ1v) is 6.87. The lowest BCUT2D eigenvalue weighted by atomic mass is 10.1. The summed E-state index contributed by atoms with van der Waals surface area (Å²) < 4.78 is 5.75. The van der Waals surface area contributed by atoms with Crippen LogP contribution in [0, 0.1) is 5.92 Å². The molecule has 3 rings (SSSR count). The molecule has 0 aromatic heterocycles. The molecule has 0 spiro atoms. The Morgan fingerprint density at radius 2 is 2.16 bits per heavy atom. The maximum Gasteiger partial charge on any atom is 0.226 e. The summed E-state index contributed by atoms with van der Waals surface area (Å²) in [5, 5.41) is 0. The molecule has 1 aromatic rings. The smallest absolute Gasteiger partial charge is 0.226 e. The Balaban J connectivity index is 1.85. The second-order valence-corrected chi connectivity index (χ2v) is 5.57. The van der Waals surface area contributed by atoms with Gasteiger partial charge in [-0.25, -0.2) is 0 Å². The maximum absolute atomic E-state index is 12.2. The summed E-state index contributed by atoms with van der Waals surface area (Å²) in [6, 6.07) is 6.18. The predicted molar refractivity (Wildman–Crippen MR) is 74.4 cm³/mol. The van der Waals surface area contributed by atoms with E-state index in [0.29, 0.717) is 25.6 Å². The average Bonchev–Trinajstić information content (AvgIpc) is 3.23. The lowest BCUT2D eigenvalue weighted by Gasteiger charge is -2.20. The number of hydrogen-bond donors (Lipinski definition) is 0. The number of fused-ring (bicyclic) bond motifs is 1. The van der Waals surface area contributed by atoms with E-state index in [4.69, 9.17) is 4.74 Å². The number of ether oxygens (including phenoxy) is 1. The predicted octanol–water partition coefficient (Wildman–Crippen LogP) is 1.88. The zero-order valence-corrected chi connectivity index (χ0v) is 11.6. The molecule has 4 nitrogen and oxygen atoms in total. The Morgan fingerprint density at radius 3 is 2.84 bits per heavy atom. The van der Waals surface area contributed by atoms with Crippen LogP contribution in [-0.4, -0.2) is 38.1 Å². The molecule has 2 aliphatic rings. The fourth-order valence-electron chi connectivity index (χ4n) is 2.44. The van der Waals surface area contributed by atoms with Crippen molar-refractivity contribution in [3.63, 3.8) is 0 Å². The fourth-order valence-corrected chi connectivity index (χ4v) is 2.44. The van der Waals surface area contributed by atoms with Crippen LogP contribution in [0.25, 0.3) is 0 Å². The Hall–Kier alpha value is -1.71. The molecule has 0 radical (unpaired) electrons. The largest absolute Gasteiger partial charge is 0.491 e. The molecule has 0 saturated heterocycles. The summed E-state index contributed by atoms with van der Waals surface area (Å²) in [4.78, 5) is 16.2. The Morgan fingerprint density at radius 1 is 1.37 bits per heavy atom. The SMILES string of the molecule is CN(C)c1ccc2c(c1)CN(C(=O)C1CC1)CCO2. The molecule has 0 unspecified atom stereocenters. The quantitative estimate of drug-likeness (QED) is 0.814. The third-order valence-corrected chi connectivity index (χ3v) is 3.78. The molecule has 0 atom stereocenters. The van der Waals surface area contributed by atoms with Crippen LogP contribution in [0.4, 0.5) is 5.69 Å². The van der Waals surface area contributed by atoms with Gasteiger partial charge in [-0.2, -0.15) is 0 Å². The summed E-state index contributed by atoms with van der Waals surface area (Å²) in [7, 11) is 4.04. The topological polar surface area (TPSA) is 32.8 Å². The molecule has 1 aliphatic heterocycles. The molecule has 1 saturated carbocycles. The van der Waals surface area contributed by atoms with Gasteiger partial charge in [-0.05, 0) is 31.0 Å². The van der Waals surface area contributed by atoms with E-state index in [1.165, 1.54) is 0 Å². The number of hydrogen-bond acceptors (Lipinski definition) is 3. The first-order chi connectivity index (χ1) is 9.15. The number of anilines is 1. The monoisotopic (exact) mass is 260 g/mol. The number of benzene rings is 1. The molecule has 0 N–H and O–H groups in total. The Kier molecular flexibility index (Phi) is 3.09. The van der Waals surface area contributed by atoms with Gasteiger partial charge in [-0.3, -0.25) is 4.79 Å². The van der Waals surface area contributed by atoms with Crippen molar-refractivity contribution in [3.05, 3.63) is 23.8 Å². The van der Waals surface area contributed by atoms with Crippen LogP contribution in [0.1, 0.15) is 18.4 Å². The van der Waals surface area contributed by atoms with Crippen LogP contribution in [0.15, 0.2) is 18.2 Å². The van der Waals surface area contributed by atoms with Crippen LogP contribution in [0.2, 0.25) is 0 Å². The van der Waals surface area contributed by atoms with Crippen LogP contribution in [-0.2, 0) is 11.3 Å². The highest BCUT2D eigenvalue weighted by Gasteiger charge is 2.34. The highest BCUT2D eigenvalue weighted by Crippen LogP contribution is 2.33. The number of carbonyl (C=O) groups is 1. The van der Waals surface area contributed by atoms with Crippen LogP contribution in [0.5, 0.6) is 5.75 Å². The van der Waals surface area contributed by atoms with E-state index in [-0.39, 0.29) is 5.92 Å². The lowest BCUT2D eigenvalue weighted by molar-refractivity contribution is -0.133. The van der Waals surface area contributed by atoms with Gasteiger partial charge in [-0.1, -0.05) is 0 Å². The normalized spacial score (nSPS) is 18.3. The zero-order valence-electron chi connectivity index (χ0n) is 11.6. The van der Waals surface area contributed by atoms with E-state index in [1.54, 1.807) is 0 Å². The molecule has 19 heavy (non-hydrogen) atoms. The third kappa shape index (κ3) is 2.53. The number of amides is 1. The Labute approximate surface area is 113 Å². The summed E-state index contributed by atoms with van der Waals surface area (Å²) in [5.41, 5.74) is 2.25. The van der Waals surface area contributed by atoms with Crippen molar-refractivity contribution in [3.8, 4) is 5.75 Å². The zero-order chi connectivity index (χ0) is 13.4. The Bertz CT molecular complexity index is 495. The van der Waals surface area contributed by atoms with E-state index >= 15 is 0 Å². The van der Waals surface area contributed by atoms with Crippen molar-refractivity contribution >= 4 is 11.6 Å². The summed E-state index contributed by atoms with van der Waals surface area (Å²) in [6.07, 6.45) is 2.11. The molecule has 1 aromatic carbocycles. The van der Waals surface area contributed by atoms with E-state index in [2.05, 4.69) is 17.0 Å². The first kappa shape index (κ1) is 12.3. The van der Waals surface area contributed by atoms with Gasteiger partial charge in [0.1, 0.15) is 12.4 Å². The molecule has 1 aliphatic carbocycles. The van der Waals surface area contributed by atoms with Gasteiger partial charge in [0.15, 0.2) is 0 Å². The summed E-state index contributed by atoms with van der Waals surface area (Å²) in [5.74, 6) is 1.49. The van der Waals surface area contributed by atoms with Gasteiger partial charge in [-0.15, -0.1) is 0 Å². The van der Waals surface area contributed by atoms with Crippen LogP contribution < -0.4 is 9.64 Å². The van der Waals surface area contributed by atoms with Crippen LogP contribution in [0.3, 0.4) is 0 Å². The first-order valence-electron chi connectivity index (χ1n) is 6.87. The van der Waals surface area contributed by atoms with Gasteiger partial charge in [0.25, 0.3) is 0 Å². The molecular weight excluding hydrogens is 240 g/mol. The van der Waals surface area contributed by atoms with Crippen molar-refractivity contribution in [1.82, 2.24) is 4.90 Å². The minimum Gasteiger partial charge on any atom is -0.491 e. The molecule has 1 amide bonds. The minimum atomic E-state index is 0.276. The van der Waals surface area contributed by atoms with Gasteiger partial charge >= 0.3 is 0 Å². The van der Waals surface area contributed by atoms with Gasteiger partial charge in [0.2, 0.25) is 5.91 Å². The highest BCUT2D eigenvalue weighted by atomic mass is 16.5. The maximum atomic E-state index is 12.2. The summed E-state index contributed by atoms with van der Waals surface area (Å²) >= 11 is 0. The van der Waals surface area contributed by atoms with Crippen molar-refractivity contribution in [1.29, 1.82) is 0 Å². The van der Waals surface area contributed by atoms with Gasteiger partial charge in [0.05, 0.1) is 6.54 Å². The van der Waals surface area contributed by atoms with Crippen molar-refractivity contribution in [2.45, 2.75) is 19.4 Å². The lowest BCUT2D eigenvalue weighted by Crippen LogP contribution is -2.33. The second-order valence-electron chi connectivity index (χ2n) is 5.57. The van der Waals surface area contributed by atoms with Gasteiger partial charge in [0, 0.05) is 37.8 Å². The van der Waals surface area contributed by atoms with E-state index < -0.39 is 0 Å². The molecular formula is C15H20N2O2. The standard InChI is InChI=1S/C15H20N2O2/c1-16(2)13-5-6-14-12(9-13)10-17(7-8-19-14)15(18)11-3-4-11/h5-6,9,11H,3-4,7-8,10H2,1-2H3. The molecule has 4 heteroatoms. The number of nitrogens with zero attached hydrogens (tertiary/aromatic N) is 2. The van der Waals surface area contributed by atoms with Gasteiger partial charge < -0.3 is 14.5 Å². The average molecular weight is 260 g/mol.